The molecule has 8 nitrogen and oxygen atoms in total. The van der Waals surface area contributed by atoms with Gasteiger partial charge in [-0.15, -0.1) is 5.10 Å². The van der Waals surface area contributed by atoms with Crippen molar-refractivity contribution in [3.05, 3.63) is 41.1 Å². The Hall–Kier alpha value is -3.16. The van der Waals surface area contributed by atoms with Gasteiger partial charge in [0.05, 0.1) is 24.4 Å². The van der Waals surface area contributed by atoms with E-state index in [0.717, 1.165) is 10.9 Å². The molecule has 0 aliphatic rings. The van der Waals surface area contributed by atoms with Gasteiger partial charge >= 0.3 is 5.69 Å². The topological polar surface area (TPSA) is 90.1 Å². The second-order valence-electron chi connectivity index (χ2n) is 4.92. The van der Waals surface area contributed by atoms with Crippen LogP contribution in [0.25, 0.3) is 27.9 Å². The summed E-state index contributed by atoms with van der Waals surface area (Å²) in [5.74, 6) is 1.14. The normalized spacial score (nSPS) is 11.4. The van der Waals surface area contributed by atoms with Gasteiger partial charge in [0, 0.05) is 18.6 Å². The monoisotopic (exact) mass is 296 g/mol. The van der Waals surface area contributed by atoms with E-state index in [1.807, 2.05) is 13.1 Å². The van der Waals surface area contributed by atoms with Gasteiger partial charge in [-0.05, 0) is 18.2 Å². The molecule has 0 unspecified atom stereocenters. The molecule has 3 aromatic heterocycles. The zero-order valence-electron chi connectivity index (χ0n) is 11.9. The molecule has 4 rings (SSSR count). The number of aromatic amines is 1. The van der Waals surface area contributed by atoms with Crippen molar-refractivity contribution >= 4 is 16.6 Å². The molecule has 0 atom stereocenters. The predicted molar refractivity (Wildman–Crippen MR) is 79.9 cm³/mol. The van der Waals surface area contributed by atoms with Crippen molar-refractivity contribution < 1.29 is 4.74 Å². The molecule has 0 amide bonds. The summed E-state index contributed by atoms with van der Waals surface area (Å²) in [4.78, 5) is 19.4. The second-order valence-corrected chi connectivity index (χ2v) is 4.92. The molecule has 22 heavy (non-hydrogen) atoms. The van der Waals surface area contributed by atoms with Crippen molar-refractivity contribution in [3.8, 4) is 17.1 Å². The summed E-state index contributed by atoms with van der Waals surface area (Å²) in [7, 11) is 3.40. The number of ether oxygens (including phenoxy) is 1. The lowest BCUT2D eigenvalue weighted by Gasteiger charge is -2.02. The minimum atomic E-state index is -0.338. The number of nitrogens with zero attached hydrogens (tertiary/aromatic N) is 5. The third kappa shape index (κ3) is 1.77. The van der Waals surface area contributed by atoms with Crippen LogP contribution in [0.3, 0.4) is 0 Å². The highest BCUT2D eigenvalue weighted by Crippen LogP contribution is 2.23. The molecule has 0 fully saturated rings. The van der Waals surface area contributed by atoms with E-state index in [4.69, 9.17) is 4.74 Å². The van der Waals surface area contributed by atoms with E-state index in [2.05, 4.69) is 20.2 Å². The Balaban J connectivity index is 2.07. The van der Waals surface area contributed by atoms with Crippen LogP contribution in [-0.2, 0) is 7.05 Å². The van der Waals surface area contributed by atoms with Crippen LogP contribution in [0.5, 0.6) is 5.75 Å². The van der Waals surface area contributed by atoms with Gasteiger partial charge < -0.3 is 9.72 Å². The van der Waals surface area contributed by atoms with Crippen molar-refractivity contribution in [2.24, 2.45) is 7.05 Å². The molecule has 0 spiro atoms. The maximum Gasteiger partial charge on any atom is 0.348 e. The highest BCUT2D eigenvalue weighted by Gasteiger charge is 2.13. The first kappa shape index (κ1) is 12.6. The minimum absolute atomic E-state index is 0.338. The average Bonchev–Trinajstić information content (AvgIpc) is 3.13. The van der Waals surface area contributed by atoms with Gasteiger partial charge in [-0.1, -0.05) is 0 Å². The highest BCUT2D eigenvalue weighted by molar-refractivity contribution is 5.92. The van der Waals surface area contributed by atoms with E-state index >= 15 is 0 Å². The number of hydrogen-bond acceptors (Lipinski definition) is 5. The van der Waals surface area contributed by atoms with Gasteiger partial charge in [0.25, 0.3) is 0 Å². The first-order valence-corrected chi connectivity index (χ1v) is 6.61. The summed E-state index contributed by atoms with van der Waals surface area (Å²) < 4.78 is 8.15. The summed E-state index contributed by atoms with van der Waals surface area (Å²) in [6.45, 7) is 0. The fourth-order valence-electron chi connectivity index (χ4n) is 2.40. The summed E-state index contributed by atoms with van der Waals surface area (Å²) in [5.41, 5.74) is 1.58. The Morgan fingerprint density at radius 1 is 1.32 bits per heavy atom. The van der Waals surface area contributed by atoms with Crippen molar-refractivity contribution in [1.29, 1.82) is 0 Å². The van der Waals surface area contributed by atoms with Crippen molar-refractivity contribution in [2.45, 2.75) is 0 Å². The number of fused-ring (bicyclic) bond motifs is 3. The third-order valence-electron chi connectivity index (χ3n) is 3.47. The number of benzene rings is 1. The first-order valence-electron chi connectivity index (χ1n) is 6.61. The number of aryl methyl sites for hydroxylation is 1. The highest BCUT2D eigenvalue weighted by atomic mass is 16.5. The molecule has 1 aromatic carbocycles. The smallest absolute Gasteiger partial charge is 0.348 e. The molecular formula is C14H12N6O2. The molecule has 0 radical (unpaired) electrons. The number of methoxy groups -OCH3 is 1. The van der Waals surface area contributed by atoms with Gasteiger partial charge in [-0.2, -0.15) is 9.61 Å². The molecule has 0 bridgehead atoms. The number of hydrogen-bond donors (Lipinski definition) is 1. The Bertz CT molecular complexity index is 1060. The largest absolute Gasteiger partial charge is 0.497 e. The van der Waals surface area contributed by atoms with Gasteiger partial charge in [0.15, 0.2) is 11.5 Å². The van der Waals surface area contributed by atoms with Crippen LogP contribution in [0.1, 0.15) is 0 Å². The lowest BCUT2D eigenvalue weighted by atomic mass is 10.2. The minimum Gasteiger partial charge on any atom is -0.497 e. The fraction of sp³-hybridized carbons (Fsp3) is 0.143. The first-order chi connectivity index (χ1) is 10.7. The van der Waals surface area contributed by atoms with E-state index in [-0.39, 0.29) is 5.69 Å². The average molecular weight is 296 g/mol. The number of nitrogens with one attached hydrogen (secondary N) is 1. The van der Waals surface area contributed by atoms with Crippen LogP contribution < -0.4 is 10.4 Å². The number of H-pyrrole nitrogens is 1. The molecule has 110 valence electrons. The molecule has 3 heterocycles. The van der Waals surface area contributed by atoms with E-state index in [9.17, 15) is 4.79 Å². The van der Waals surface area contributed by atoms with Crippen LogP contribution in [0.15, 0.2) is 35.4 Å². The second kappa shape index (κ2) is 4.42. The van der Waals surface area contributed by atoms with Gasteiger partial charge in [0.2, 0.25) is 0 Å². The van der Waals surface area contributed by atoms with Gasteiger partial charge in [-0.25, -0.2) is 9.78 Å². The quantitative estimate of drug-likeness (QED) is 0.595. The van der Waals surface area contributed by atoms with E-state index in [1.165, 1.54) is 4.52 Å². The van der Waals surface area contributed by atoms with Crippen molar-refractivity contribution in [2.75, 3.05) is 7.11 Å². The lowest BCUT2D eigenvalue weighted by Crippen LogP contribution is -2.17. The Morgan fingerprint density at radius 3 is 2.91 bits per heavy atom. The molecule has 0 aliphatic carbocycles. The Labute approximate surface area is 124 Å². The van der Waals surface area contributed by atoms with Crippen molar-refractivity contribution in [3.63, 3.8) is 0 Å². The van der Waals surface area contributed by atoms with Crippen LogP contribution >= 0.6 is 0 Å². The zero-order chi connectivity index (χ0) is 15.3. The SMILES string of the molecule is COc1ccc2[nH]c(=O)n3nc(-c4cnn(C)c4)nc3c2c1. The number of aromatic nitrogens is 6. The molecule has 0 aliphatic heterocycles. The Morgan fingerprint density at radius 2 is 2.18 bits per heavy atom. The van der Waals surface area contributed by atoms with E-state index in [1.54, 1.807) is 36.3 Å². The molecule has 4 aromatic rings. The summed E-state index contributed by atoms with van der Waals surface area (Å²) in [5, 5.41) is 9.13. The maximum atomic E-state index is 12.1. The molecule has 8 heteroatoms. The lowest BCUT2D eigenvalue weighted by molar-refractivity contribution is 0.415. The van der Waals surface area contributed by atoms with Gasteiger partial charge in [-0.3, -0.25) is 4.68 Å². The third-order valence-corrected chi connectivity index (χ3v) is 3.47. The summed E-state index contributed by atoms with van der Waals surface area (Å²) in [6, 6.07) is 5.39. The van der Waals surface area contributed by atoms with Crippen molar-refractivity contribution in [1.82, 2.24) is 29.4 Å². The summed E-state index contributed by atoms with van der Waals surface area (Å²) in [6.07, 6.45) is 3.46. The molecule has 0 saturated heterocycles. The maximum absolute atomic E-state index is 12.1. The van der Waals surface area contributed by atoms with Crippen LogP contribution in [-0.4, -0.2) is 36.5 Å². The Kier molecular flexibility index (Phi) is 2.52. The predicted octanol–water partition coefficient (Wildman–Crippen LogP) is 0.980. The van der Waals surface area contributed by atoms with Gasteiger partial charge in [0.1, 0.15) is 5.75 Å². The van der Waals surface area contributed by atoms with E-state index < -0.39 is 0 Å². The standard InChI is InChI=1S/C14H12N6O2/c1-19-7-8(6-15-19)12-17-13-10-5-9(22-2)3-4-11(10)16-14(21)20(13)18-12/h3-7H,1-2H3,(H,16,21). The molecule has 0 saturated carbocycles. The zero-order valence-corrected chi connectivity index (χ0v) is 11.9. The van der Waals surface area contributed by atoms with Crippen LogP contribution in [0, 0.1) is 0 Å². The number of rotatable bonds is 2. The summed E-state index contributed by atoms with van der Waals surface area (Å²) >= 11 is 0. The molecular weight excluding hydrogens is 284 g/mol. The fourth-order valence-corrected chi connectivity index (χ4v) is 2.40. The van der Waals surface area contributed by atoms with Crippen LogP contribution in [0.2, 0.25) is 0 Å². The molecule has 1 N–H and O–H groups in total. The van der Waals surface area contributed by atoms with Crippen LogP contribution in [0.4, 0.5) is 0 Å². The van der Waals surface area contributed by atoms with E-state index in [0.29, 0.717) is 22.7 Å².